The van der Waals surface area contributed by atoms with Gasteiger partial charge in [-0.3, -0.25) is 4.79 Å². The van der Waals surface area contributed by atoms with E-state index in [-0.39, 0.29) is 16.7 Å². The highest BCUT2D eigenvalue weighted by Crippen LogP contribution is 2.15. The minimum Gasteiger partial charge on any atom is -0.366 e. The van der Waals surface area contributed by atoms with Crippen molar-refractivity contribution in [2.45, 2.75) is 6.92 Å². The molecule has 3 nitrogen and oxygen atoms in total. The summed E-state index contributed by atoms with van der Waals surface area (Å²) in [4.78, 5) is 10.8. The number of primary amides is 1. The van der Waals surface area contributed by atoms with Crippen LogP contribution >= 0.6 is 0 Å². The van der Waals surface area contributed by atoms with Gasteiger partial charge in [0.2, 0.25) is 5.91 Å². The van der Waals surface area contributed by atoms with E-state index in [1.807, 2.05) is 0 Å². The lowest BCUT2D eigenvalue weighted by atomic mass is 10.0. The molecule has 66 valence electrons. The van der Waals surface area contributed by atoms with Crippen LogP contribution in [0.2, 0.25) is 0 Å². The summed E-state index contributed by atoms with van der Waals surface area (Å²) in [5.41, 5.74) is 5.35. The first-order valence-corrected chi connectivity index (χ1v) is 3.57. The molecule has 0 saturated carbocycles. The number of amides is 1. The molecule has 13 heavy (non-hydrogen) atoms. The molecule has 0 aromatic heterocycles. The molecule has 0 aliphatic rings. The van der Waals surface area contributed by atoms with Crippen molar-refractivity contribution in [3.63, 3.8) is 0 Å². The van der Waals surface area contributed by atoms with Crippen LogP contribution < -0.4 is 5.73 Å². The molecule has 4 heteroatoms. The average Bonchev–Trinajstić information content (AvgIpc) is 2.04. The summed E-state index contributed by atoms with van der Waals surface area (Å²) >= 11 is 0. The highest BCUT2D eigenvalue weighted by Gasteiger charge is 2.12. The van der Waals surface area contributed by atoms with Crippen LogP contribution in [0.4, 0.5) is 4.39 Å². The number of hydrogen-bond acceptors (Lipinski definition) is 2. The zero-order chi connectivity index (χ0) is 10.0. The molecule has 0 fully saturated rings. The molecule has 0 aliphatic carbocycles. The van der Waals surface area contributed by atoms with Gasteiger partial charge in [0.1, 0.15) is 11.9 Å². The van der Waals surface area contributed by atoms with Crippen LogP contribution in [0.1, 0.15) is 21.5 Å². The molecular formula is C9H7FN2O. The molecule has 0 unspecified atom stereocenters. The number of halogens is 1. The Morgan fingerprint density at radius 1 is 1.62 bits per heavy atom. The molecule has 0 heterocycles. The number of rotatable bonds is 1. The quantitative estimate of drug-likeness (QED) is 0.699. The van der Waals surface area contributed by atoms with Crippen molar-refractivity contribution in [2.24, 2.45) is 5.73 Å². The number of hydrogen-bond donors (Lipinski definition) is 1. The van der Waals surface area contributed by atoms with E-state index in [0.29, 0.717) is 0 Å². The highest BCUT2D eigenvalue weighted by atomic mass is 19.1. The van der Waals surface area contributed by atoms with Crippen LogP contribution in [-0.4, -0.2) is 5.91 Å². The van der Waals surface area contributed by atoms with E-state index in [2.05, 4.69) is 0 Å². The molecule has 2 N–H and O–H groups in total. The third-order valence-corrected chi connectivity index (χ3v) is 1.79. The van der Waals surface area contributed by atoms with E-state index < -0.39 is 11.7 Å². The number of nitrogens with zero attached hydrogens (tertiary/aromatic N) is 1. The van der Waals surface area contributed by atoms with Gasteiger partial charge in [0.05, 0.1) is 5.56 Å². The highest BCUT2D eigenvalue weighted by molar-refractivity contribution is 5.94. The van der Waals surface area contributed by atoms with Gasteiger partial charge in [-0.15, -0.1) is 0 Å². The lowest BCUT2D eigenvalue weighted by Crippen LogP contribution is -2.13. The molecule has 0 spiro atoms. The third-order valence-electron chi connectivity index (χ3n) is 1.79. The van der Waals surface area contributed by atoms with Crippen molar-refractivity contribution in [1.82, 2.24) is 0 Å². The van der Waals surface area contributed by atoms with E-state index in [1.54, 1.807) is 6.07 Å². The Hall–Kier alpha value is -1.89. The van der Waals surface area contributed by atoms with Gasteiger partial charge in [0.25, 0.3) is 0 Å². The van der Waals surface area contributed by atoms with Gasteiger partial charge in [-0.25, -0.2) is 4.39 Å². The summed E-state index contributed by atoms with van der Waals surface area (Å²) in [5.74, 6) is -1.29. The Bertz CT molecular complexity index is 407. The van der Waals surface area contributed by atoms with Gasteiger partial charge >= 0.3 is 0 Å². The van der Waals surface area contributed by atoms with Gasteiger partial charge in [0, 0.05) is 5.56 Å². The monoisotopic (exact) mass is 178 g/mol. The Labute approximate surface area is 74.6 Å². The molecule has 1 amide bonds. The molecule has 0 bridgehead atoms. The first kappa shape index (κ1) is 9.20. The van der Waals surface area contributed by atoms with E-state index in [1.165, 1.54) is 13.0 Å². The Morgan fingerprint density at radius 3 is 2.69 bits per heavy atom. The van der Waals surface area contributed by atoms with Crippen LogP contribution in [0, 0.1) is 24.1 Å². The summed E-state index contributed by atoms with van der Waals surface area (Å²) < 4.78 is 12.9. The SMILES string of the molecule is Cc1c(C(N)=O)ccc(F)c1C#N. The van der Waals surface area contributed by atoms with Gasteiger partial charge in [-0.05, 0) is 24.6 Å². The zero-order valence-corrected chi connectivity index (χ0v) is 6.97. The molecule has 0 atom stereocenters. The van der Waals surface area contributed by atoms with Crippen molar-refractivity contribution >= 4 is 5.91 Å². The number of nitriles is 1. The first-order valence-electron chi connectivity index (χ1n) is 3.57. The molecule has 0 radical (unpaired) electrons. The third kappa shape index (κ3) is 1.49. The maximum atomic E-state index is 12.9. The Kier molecular flexibility index (Phi) is 2.29. The second-order valence-corrected chi connectivity index (χ2v) is 2.57. The molecular weight excluding hydrogens is 171 g/mol. The van der Waals surface area contributed by atoms with E-state index in [0.717, 1.165) is 6.07 Å². The zero-order valence-electron chi connectivity index (χ0n) is 6.97. The fraction of sp³-hybridized carbons (Fsp3) is 0.111. The van der Waals surface area contributed by atoms with E-state index in [4.69, 9.17) is 11.0 Å². The number of benzene rings is 1. The van der Waals surface area contributed by atoms with Crippen LogP contribution in [0.15, 0.2) is 12.1 Å². The Balaban J connectivity index is 3.47. The van der Waals surface area contributed by atoms with Crippen LogP contribution in [0.3, 0.4) is 0 Å². The van der Waals surface area contributed by atoms with E-state index in [9.17, 15) is 9.18 Å². The summed E-state index contributed by atoms with van der Waals surface area (Å²) in [6, 6.07) is 4.01. The van der Waals surface area contributed by atoms with Crippen LogP contribution in [0.25, 0.3) is 0 Å². The number of nitrogens with two attached hydrogens (primary N) is 1. The molecule has 0 aliphatic heterocycles. The lowest BCUT2D eigenvalue weighted by Gasteiger charge is -2.03. The maximum Gasteiger partial charge on any atom is 0.249 e. The summed E-state index contributed by atoms with van der Waals surface area (Å²) in [6.45, 7) is 1.49. The van der Waals surface area contributed by atoms with Crippen molar-refractivity contribution in [3.05, 3.63) is 34.6 Å². The predicted molar refractivity (Wildman–Crippen MR) is 44.4 cm³/mol. The van der Waals surface area contributed by atoms with Gasteiger partial charge < -0.3 is 5.73 Å². The molecule has 1 aromatic rings. The van der Waals surface area contributed by atoms with Crippen molar-refractivity contribution in [3.8, 4) is 6.07 Å². The Morgan fingerprint density at radius 2 is 2.23 bits per heavy atom. The normalized spacial score (nSPS) is 9.31. The number of carbonyl (C=O) groups excluding carboxylic acids is 1. The van der Waals surface area contributed by atoms with Gasteiger partial charge in [-0.2, -0.15) is 5.26 Å². The molecule has 1 aromatic carbocycles. The van der Waals surface area contributed by atoms with Crippen molar-refractivity contribution in [1.29, 1.82) is 5.26 Å². The fourth-order valence-corrected chi connectivity index (χ4v) is 1.08. The number of carbonyl (C=O) groups is 1. The van der Waals surface area contributed by atoms with E-state index >= 15 is 0 Å². The summed E-state index contributed by atoms with van der Waals surface area (Å²) in [5, 5.41) is 8.56. The summed E-state index contributed by atoms with van der Waals surface area (Å²) in [6.07, 6.45) is 0. The summed E-state index contributed by atoms with van der Waals surface area (Å²) in [7, 11) is 0. The van der Waals surface area contributed by atoms with Crippen LogP contribution in [0.5, 0.6) is 0 Å². The largest absolute Gasteiger partial charge is 0.366 e. The topological polar surface area (TPSA) is 66.9 Å². The molecule has 1 rings (SSSR count). The minimum atomic E-state index is -0.658. The maximum absolute atomic E-state index is 12.9. The minimum absolute atomic E-state index is 0.128. The first-order chi connectivity index (χ1) is 6.07. The molecule has 0 saturated heterocycles. The average molecular weight is 178 g/mol. The van der Waals surface area contributed by atoms with Crippen molar-refractivity contribution in [2.75, 3.05) is 0 Å². The van der Waals surface area contributed by atoms with Gasteiger partial charge in [0.15, 0.2) is 0 Å². The van der Waals surface area contributed by atoms with Crippen molar-refractivity contribution < 1.29 is 9.18 Å². The van der Waals surface area contributed by atoms with Crippen LogP contribution in [-0.2, 0) is 0 Å². The predicted octanol–water partition coefficient (Wildman–Crippen LogP) is 1.10. The lowest BCUT2D eigenvalue weighted by molar-refractivity contribution is 0.0999. The fourth-order valence-electron chi connectivity index (χ4n) is 1.08. The van der Waals surface area contributed by atoms with Gasteiger partial charge in [-0.1, -0.05) is 0 Å². The second-order valence-electron chi connectivity index (χ2n) is 2.57. The smallest absolute Gasteiger partial charge is 0.249 e. The second kappa shape index (κ2) is 3.23. The standard InChI is InChI=1S/C9H7FN2O/c1-5-6(9(12)13)2-3-8(10)7(5)4-11/h2-3H,1H3,(H2,12,13).